The number of nitrogens with zero attached hydrogens (tertiary/aromatic N) is 2. The van der Waals surface area contributed by atoms with Gasteiger partial charge in [0.1, 0.15) is 18.5 Å². The van der Waals surface area contributed by atoms with E-state index in [1.54, 1.807) is 19.1 Å². The number of cyclic esters (lactones) is 1. The number of carbonyl (C=O) groups excluding carboxylic acids is 3. The van der Waals surface area contributed by atoms with E-state index in [0.717, 1.165) is 6.07 Å². The number of hydrogen-bond acceptors (Lipinski definition) is 8. The standard InChI is InChI=1S/C26H21ClFN3O7/c1-4-26(36)16-7-20-21-14(9-31(20)23(33)15(16)10-37-24(26)34)5-13-6-19(17(28)8-18(13)29-21)30-25(35)38-12(3)11(2)22(27)32/h5-8,12,36H,2,4,9-10H2,1,3H3,(H,30,35)/t12?,26-/m0/s1. The summed E-state index contributed by atoms with van der Waals surface area (Å²) in [5, 5.41) is 12.9. The molecule has 2 atom stereocenters. The molecule has 0 spiro atoms. The number of pyridine rings is 2. The molecule has 0 saturated carbocycles. The van der Waals surface area contributed by atoms with Crippen LogP contribution in [0.2, 0.25) is 0 Å². The SMILES string of the molecule is C=C(C(=O)Cl)C(C)OC(=O)Nc1cc2cc3c(nc2cc1F)-c1cc2c(c(=O)n1C3)COC(=O)[C@]2(O)CC. The molecule has 0 saturated heterocycles. The zero-order chi connectivity index (χ0) is 27.5. The molecule has 10 nitrogen and oxygen atoms in total. The minimum atomic E-state index is -1.95. The topological polar surface area (TPSA) is 137 Å². The first-order chi connectivity index (χ1) is 17.9. The molecule has 2 aromatic heterocycles. The van der Waals surface area contributed by atoms with Gasteiger partial charge < -0.3 is 19.1 Å². The van der Waals surface area contributed by atoms with Crippen LogP contribution in [0, 0.1) is 5.82 Å². The van der Waals surface area contributed by atoms with Crippen LogP contribution in [0.3, 0.4) is 0 Å². The number of rotatable bonds is 5. The van der Waals surface area contributed by atoms with Gasteiger partial charge in [0.05, 0.1) is 34.7 Å². The van der Waals surface area contributed by atoms with E-state index in [1.165, 1.54) is 17.6 Å². The van der Waals surface area contributed by atoms with Crippen molar-refractivity contribution in [2.24, 2.45) is 0 Å². The molecule has 5 rings (SSSR count). The molecular weight excluding hydrogens is 521 g/mol. The molecule has 0 radical (unpaired) electrons. The number of carbonyl (C=O) groups is 3. The molecule has 4 heterocycles. The number of ether oxygens (including phenoxy) is 2. The second-order valence-electron chi connectivity index (χ2n) is 9.10. The van der Waals surface area contributed by atoms with Crippen molar-refractivity contribution in [1.82, 2.24) is 9.55 Å². The number of esters is 1. The molecule has 0 fully saturated rings. The van der Waals surface area contributed by atoms with Crippen LogP contribution in [0.1, 0.15) is 37.0 Å². The second-order valence-corrected chi connectivity index (χ2v) is 9.44. The Kier molecular flexibility index (Phi) is 6.07. The lowest BCUT2D eigenvalue weighted by Crippen LogP contribution is -2.44. The van der Waals surface area contributed by atoms with Gasteiger partial charge in [0.15, 0.2) is 5.60 Å². The molecule has 0 aliphatic carbocycles. The van der Waals surface area contributed by atoms with Gasteiger partial charge in [0.2, 0.25) is 0 Å². The lowest BCUT2D eigenvalue weighted by atomic mass is 9.86. The molecule has 196 valence electrons. The van der Waals surface area contributed by atoms with Gasteiger partial charge in [-0.2, -0.15) is 0 Å². The van der Waals surface area contributed by atoms with Gasteiger partial charge in [0.25, 0.3) is 10.8 Å². The lowest BCUT2D eigenvalue weighted by Gasteiger charge is -2.31. The molecular formula is C26H21ClFN3O7. The molecule has 0 bridgehead atoms. The largest absolute Gasteiger partial charge is 0.458 e. The molecule has 38 heavy (non-hydrogen) atoms. The summed E-state index contributed by atoms with van der Waals surface area (Å²) in [7, 11) is 0. The van der Waals surface area contributed by atoms with E-state index < -0.39 is 40.4 Å². The van der Waals surface area contributed by atoms with Crippen LogP contribution >= 0.6 is 11.6 Å². The van der Waals surface area contributed by atoms with Gasteiger partial charge in [-0.05, 0) is 43.1 Å². The Hall–Kier alpha value is -4.09. The number of amides is 1. The van der Waals surface area contributed by atoms with Crippen LogP contribution in [0.15, 0.2) is 41.2 Å². The maximum Gasteiger partial charge on any atom is 0.412 e. The van der Waals surface area contributed by atoms with E-state index in [2.05, 4.69) is 16.9 Å². The normalized spacial score (nSPS) is 18.2. The van der Waals surface area contributed by atoms with Crippen LogP contribution in [0.25, 0.3) is 22.3 Å². The van der Waals surface area contributed by atoms with Gasteiger partial charge in [-0.3, -0.25) is 14.9 Å². The summed E-state index contributed by atoms with van der Waals surface area (Å²) < 4.78 is 26.4. The summed E-state index contributed by atoms with van der Waals surface area (Å²) in [5.41, 5.74) is -0.623. The lowest BCUT2D eigenvalue weighted by molar-refractivity contribution is -0.172. The Morgan fingerprint density at radius 1 is 1.34 bits per heavy atom. The highest BCUT2D eigenvalue weighted by Gasteiger charge is 2.45. The van der Waals surface area contributed by atoms with Crippen molar-refractivity contribution < 1.29 is 33.4 Å². The van der Waals surface area contributed by atoms with Crippen molar-refractivity contribution in [3.63, 3.8) is 0 Å². The van der Waals surface area contributed by atoms with E-state index >= 15 is 0 Å². The first-order valence-corrected chi connectivity index (χ1v) is 12.0. The maximum absolute atomic E-state index is 14.9. The molecule has 2 N–H and O–H groups in total. The van der Waals surface area contributed by atoms with Gasteiger partial charge in [-0.1, -0.05) is 13.5 Å². The zero-order valence-electron chi connectivity index (χ0n) is 20.3. The Morgan fingerprint density at radius 2 is 2.08 bits per heavy atom. The predicted molar refractivity (Wildman–Crippen MR) is 134 cm³/mol. The van der Waals surface area contributed by atoms with E-state index in [9.17, 15) is 28.7 Å². The third kappa shape index (κ3) is 3.95. The van der Waals surface area contributed by atoms with Gasteiger partial charge >= 0.3 is 12.1 Å². The highest BCUT2D eigenvalue weighted by atomic mass is 35.5. The first kappa shape index (κ1) is 25.6. The third-order valence-corrected chi connectivity index (χ3v) is 7.10. The Morgan fingerprint density at radius 3 is 2.76 bits per heavy atom. The molecule has 1 unspecified atom stereocenters. The van der Waals surface area contributed by atoms with Crippen molar-refractivity contribution in [3.8, 4) is 11.4 Å². The van der Waals surface area contributed by atoms with Gasteiger partial charge in [0, 0.05) is 28.2 Å². The van der Waals surface area contributed by atoms with Crippen molar-refractivity contribution in [1.29, 1.82) is 0 Å². The van der Waals surface area contributed by atoms with Gasteiger partial charge in [-0.25, -0.2) is 19.0 Å². The Bertz CT molecular complexity index is 1650. The minimum Gasteiger partial charge on any atom is -0.458 e. The van der Waals surface area contributed by atoms with E-state index in [4.69, 9.17) is 21.1 Å². The second kappa shape index (κ2) is 9.03. The highest BCUT2D eigenvalue weighted by molar-refractivity contribution is 6.67. The van der Waals surface area contributed by atoms with Crippen molar-refractivity contribution in [3.05, 3.63) is 69.3 Å². The monoisotopic (exact) mass is 541 g/mol. The molecule has 1 amide bonds. The third-order valence-electron chi connectivity index (χ3n) is 6.86. The smallest absolute Gasteiger partial charge is 0.412 e. The molecule has 12 heteroatoms. The van der Waals surface area contributed by atoms with Crippen molar-refractivity contribution in [2.45, 2.75) is 45.1 Å². The predicted octanol–water partition coefficient (Wildman–Crippen LogP) is 3.48. The average molecular weight is 542 g/mol. The van der Waals surface area contributed by atoms with Crippen LogP contribution in [0.4, 0.5) is 14.9 Å². The van der Waals surface area contributed by atoms with Crippen LogP contribution in [-0.4, -0.2) is 38.1 Å². The summed E-state index contributed by atoms with van der Waals surface area (Å²) in [6.45, 7) is 6.36. The number of benzene rings is 1. The Labute approximate surface area is 219 Å². The summed E-state index contributed by atoms with van der Waals surface area (Å²) in [6.07, 6.45) is -2.03. The van der Waals surface area contributed by atoms with Crippen LogP contribution in [-0.2, 0) is 37.8 Å². The number of halogens is 2. The fraction of sp³-hybridized carbons (Fsp3) is 0.269. The molecule has 2 aliphatic heterocycles. The van der Waals surface area contributed by atoms with Crippen LogP contribution in [0.5, 0.6) is 0 Å². The quantitative estimate of drug-likeness (QED) is 0.223. The number of aromatic nitrogens is 2. The van der Waals surface area contributed by atoms with Gasteiger partial charge in [-0.15, -0.1) is 0 Å². The maximum atomic E-state index is 14.9. The van der Waals surface area contributed by atoms with Crippen molar-refractivity contribution >= 4 is 45.5 Å². The number of hydrogen-bond donors (Lipinski definition) is 2. The first-order valence-electron chi connectivity index (χ1n) is 11.6. The number of aliphatic hydroxyl groups is 1. The fourth-order valence-electron chi connectivity index (χ4n) is 4.63. The van der Waals surface area contributed by atoms with E-state index in [-0.39, 0.29) is 47.5 Å². The van der Waals surface area contributed by atoms with Crippen LogP contribution < -0.4 is 10.9 Å². The van der Waals surface area contributed by atoms with Crippen molar-refractivity contribution in [2.75, 3.05) is 5.32 Å². The highest BCUT2D eigenvalue weighted by Crippen LogP contribution is 2.39. The molecule has 1 aromatic carbocycles. The number of nitrogens with one attached hydrogen (secondary N) is 1. The summed E-state index contributed by atoms with van der Waals surface area (Å²) in [5.74, 6) is -1.62. The molecule has 2 aliphatic rings. The van der Waals surface area contributed by atoms with E-state index in [0.29, 0.717) is 22.3 Å². The minimum absolute atomic E-state index is 0.0121. The van der Waals surface area contributed by atoms with E-state index in [1.807, 2.05) is 0 Å². The average Bonchev–Trinajstić information content (AvgIpc) is 3.23. The summed E-state index contributed by atoms with van der Waals surface area (Å²) in [6, 6.07) is 5.76. The zero-order valence-corrected chi connectivity index (χ0v) is 21.0. The summed E-state index contributed by atoms with van der Waals surface area (Å²) >= 11 is 5.34. The molecule has 3 aromatic rings. The Balaban J connectivity index is 1.51. The fourth-order valence-corrected chi connectivity index (χ4v) is 4.79. The number of anilines is 1. The number of fused-ring (bicyclic) bond motifs is 5. The summed E-state index contributed by atoms with van der Waals surface area (Å²) in [4.78, 5) is 53.5.